The van der Waals surface area contributed by atoms with Crippen molar-refractivity contribution in [3.05, 3.63) is 191 Å². The van der Waals surface area contributed by atoms with Gasteiger partial charge in [-0.3, -0.25) is 9.55 Å². The summed E-state index contributed by atoms with van der Waals surface area (Å²) < 4.78 is 2.32. The molecule has 4 heteroatoms. The van der Waals surface area contributed by atoms with E-state index < -0.39 is 0 Å². The molecule has 70 heavy (non-hydrogen) atoms. The van der Waals surface area contributed by atoms with Crippen LogP contribution in [-0.2, 0) is 21.7 Å². The van der Waals surface area contributed by atoms with Crippen LogP contribution in [0.2, 0.25) is 0 Å². The van der Waals surface area contributed by atoms with Gasteiger partial charge in [-0.2, -0.15) is 0 Å². The summed E-state index contributed by atoms with van der Waals surface area (Å²) in [5.74, 6) is 0.944. The second-order valence-corrected chi connectivity index (χ2v) is 23.6. The maximum atomic E-state index is 12.7. The maximum Gasteiger partial charge on any atom is 0.149 e. The van der Waals surface area contributed by atoms with Crippen molar-refractivity contribution in [3.63, 3.8) is 0 Å². The molecule has 0 radical (unpaired) electrons. The number of aromatic hydroxyl groups is 1. The standard InChI is InChI=1S/C66H69N3O/c1-41-23-25-43(26-24-41)46-31-32-67-57(37-46)48-34-47(35-50(36-48)64(6,7)8)52-21-18-22-58-60(52)68-62(55-38-51(65(9,10)11)39-56(61(55)70)66(12,13)14)69(58)59-33-42(2)53(44-19-16-15-17-20-44)40-54(59)45-27-29-49(30-28-45)63(3,4)5/h15-40,70H,1-14H3. The van der Waals surface area contributed by atoms with Crippen molar-refractivity contribution in [3.8, 4) is 78.6 Å². The van der Waals surface area contributed by atoms with Gasteiger partial charge in [0.25, 0.3) is 0 Å². The molecule has 0 aliphatic carbocycles. The summed E-state index contributed by atoms with van der Waals surface area (Å²) in [5.41, 5.74) is 20.5. The molecule has 0 spiro atoms. The van der Waals surface area contributed by atoms with Crippen LogP contribution in [0.4, 0.5) is 0 Å². The molecule has 7 aromatic carbocycles. The zero-order valence-corrected chi connectivity index (χ0v) is 43.8. The molecular weight excluding hydrogens is 851 g/mol. The monoisotopic (exact) mass is 920 g/mol. The van der Waals surface area contributed by atoms with Crippen molar-refractivity contribution in [1.82, 2.24) is 14.5 Å². The van der Waals surface area contributed by atoms with E-state index in [2.05, 4.69) is 253 Å². The third-order valence-electron chi connectivity index (χ3n) is 14.0. The zero-order chi connectivity index (χ0) is 50.1. The minimum Gasteiger partial charge on any atom is -0.507 e. The van der Waals surface area contributed by atoms with E-state index in [1.807, 2.05) is 6.20 Å². The first kappa shape index (κ1) is 48.0. The molecule has 0 unspecified atom stereocenters. The average molecular weight is 920 g/mol. The van der Waals surface area contributed by atoms with Gasteiger partial charge in [-0.05, 0) is 140 Å². The maximum absolute atomic E-state index is 12.7. The Morgan fingerprint density at radius 1 is 0.429 bits per heavy atom. The molecule has 0 amide bonds. The molecule has 0 saturated heterocycles. The Labute approximate surface area is 417 Å². The Hall–Kier alpha value is -7.04. The number of nitrogens with zero attached hydrogens (tertiary/aromatic N) is 3. The van der Waals surface area contributed by atoms with Gasteiger partial charge in [-0.25, -0.2) is 4.98 Å². The number of aromatic nitrogens is 3. The highest BCUT2D eigenvalue weighted by atomic mass is 16.3. The third-order valence-corrected chi connectivity index (χ3v) is 14.0. The number of imidazole rings is 1. The van der Waals surface area contributed by atoms with Crippen molar-refractivity contribution < 1.29 is 5.11 Å². The van der Waals surface area contributed by atoms with E-state index in [0.29, 0.717) is 11.4 Å². The van der Waals surface area contributed by atoms with Gasteiger partial charge >= 0.3 is 0 Å². The van der Waals surface area contributed by atoms with E-state index in [4.69, 9.17) is 9.97 Å². The molecule has 9 aromatic rings. The van der Waals surface area contributed by atoms with Crippen LogP contribution in [0.25, 0.3) is 83.9 Å². The lowest BCUT2D eigenvalue weighted by Gasteiger charge is -2.28. The predicted octanol–water partition coefficient (Wildman–Crippen LogP) is 17.9. The summed E-state index contributed by atoms with van der Waals surface area (Å²) in [5, 5.41) is 12.7. The van der Waals surface area contributed by atoms with E-state index in [1.54, 1.807) is 0 Å². The largest absolute Gasteiger partial charge is 0.507 e. The summed E-state index contributed by atoms with van der Waals surface area (Å²) in [6.45, 7) is 31.2. The topological polar surface area (TPSA) is 50.9 Å². The van der Waals surface area contributed by atoms with Crippen LogP contribution in [-0.4, -0.2) is 19.6 Å². The van der Waals surface area contributed by atoms with Crippen LogP contribution in [0.1, 0.15) is 116 Å². The minimum atomic E-state index is -0.343. The molecule has 354 valence electrons. The molecule has 4 nitrogen and oxygen atoms in total. The smallest absolute Gasteiger partial charge is 0.149 e. The predicted molar refractivity (Wildman–Crippen MR) is 297 cm³/mol. The highest BCUT2D eigenvalue weighted by molar-refractivity contribution is 5.98. The van der Waals surface area contributed by atoms with Crippen molar-refractivity contribution in [1.29, 1.82) is 0 Å². The van der Waals surface area contributed by atoms with Crippen LogP contribution < -0.4 is 0 Å². The van der Waals surface area contributed by atoms with E-state index in [9.17, 15) is 5.11 Å². The first-order valence-electron chi connectivity index (χ1n) is 24.9. The van der Waals surface area contributed by atoms with Gasteiger partial charge < -0.3 is 5.11 Å². The van der Waals surface area contributed by atoms with Gasteiger partial charge in [-0.1, -0.05) is 192 Å². The summed E-state index contributed by atoms with van der Waals surface area (Å²) in [6, 6.07) is 55.3. The number of benzene rings is 7. The van der Waals surface area contributed by atoms with Crippen LogP contribution >= 0.6 is 0 Å². The normalized spacial score (nSPS) is 12.5. The Balaban J connectivity index is 1.38. The summed E-state index contributed by atoms with van der Waals surface area (Å²) in [4.78, 5) is 10.8. The first-order chi connectivity index (χ1) is 33.0. The number of phenolic OH excluding ortho intramolecular Hbond substituents is 1. The molecule has 0 aliphatic rings. The van der Waals surface area contributed by atoms with Crippen LogP contribution in [0, 0.1) is 13.8 Å². The van der Waals surface area contributed by atoms with Crippen LogP contribution in [0.15, 0.2) is 158 Å². The Morgan fingerprint density at radius 3 is 1.69 bits per heavy atom. The highest BCUT2D eigenvalue weighted by Gasteiger charge is 2.30. The van der Waals surface area contributed by atoms with E-state index in [0.717, 1.165) is 83.6 Å². The average Bonchev–Trinajstić information content (AvgIpc) is 3.70. The van der Waals surface area contributed by atoms with E-state index in [-0.39, 0.29) is 27.4 Å². The summed E-state index contributed by atoms with van der Waals surface area (Å²) >= 11 is 0. The lowest BCUT2D eigenvalue weighted by molar-refractivity contribution is 0.446. The summed E-state index contributed by atoms with van der Waals surface area (Å²) in [6.07, 6.45) is 1.92. The molecule has 0 saturated carbocycles. The molecular formula is C66H69N3O. The molecule has 0 aliphatic heterocycles. The number of hydrogen-bond donors (Lipinski definition) is 1. The number of rotatable bonds is 7. The SMILES string of the molecule is Cc1ccc(-c2ccnc(-c3cc(-c4cccc5c4nc(-c4cc(C(C)(C)C)cc(C(C)(C)C)c4O)n5-c4cc(C)c(-c5ccccc5)cc4-c4ccc(C(C)(C)C)cc4)cc(C(C)(C)C)c3)c2)cc1. The van der Waals surface area contributed by atoms with Crippen molar-refractivity contribution in [2.75, 3.05) is 0 Å². The van der Waals surface area contributed by atoms with E-state index >= 15 is 0 Å². The molecule has 9 rings (SSSR count). The molecule has 2 aromatic heterocycles. The number of fused-ring (bicyclic) bond motifs is 1. The number of phenols is 1. The Morgan fingerprint density at radius 2 is 1.04 bits per heavy atom. The third kappa shape index (κ3) is 9.37. The van der Waals surface area contributed by atoms with Gasteiger partial charge in [0.05, 0.1) is 28.0 Å². The molecule has 0 fully saturated rings. The minimum absolute atomic E-state index is 0.00156. The quantitative estimate of drug-likeness (QED) is 0.173. The van der Waals surface area contributed by atoms with Crippen LogP contribution in [0.3, 0.4) is 0 Å². The Bertz CT molecular complexity index is 3400. The molecule has 0 bridgehead atoms. The van der Waals surface area contributed by atoms with Gasteiger partial charge in [-0.15, -0.1) is 0 Å². The van der Waals surface area contributed by atoms with Crippen LogP contribution in [0.5, 0.6) is 5.75 Å². The van der Waals surface area contributed by atoms with Crippen molar-refractivity contribution in [2.24, 2.45) is 0 Å². The number of aryl methyl sites for hydroxylation is 2. The number of hydrogen-bond acceptors (Lipinski definition) is 3. The van der Waals surface area contributed by atoms with Gasteiger partial charge in [0, 0.05) is 28.5 Å². The number of para-hydroxylation sites is 1. The number of pyridine rings is 1. The Kier molecular flexibility index (Phi) is 12.2. The van der Waals surface area contributed by atoms with Crippen molar-refractivity contribution >= 4 is 11.0 Å². The molecule has 0 atom stereocenters. The van der Waals surface area contributed by atoms with Gasteiger partial charge in [0.1, 0.15) is 11.6 Å². The fourth-order valence-electron chi connectivity index (χ4n) is 9.63. The lowest BCUT2D eigenvalue weighted by Crippen LogP contribution is -2.17. The lowest BCUT2D eigenvalue weighted by atomic mass is 9.79. The highest BCUT2D eigenvalue weighted by Crippen LogP contribution is 2.47. The van der Waals surface area contributed by atoms with E-state index in [1.165, 1.54) is 22.3 Å². The zero-order valence-electron chi connectivity index (χ0n) is 43.8. The second kappa shape index (κ2) is 17.7. The molecule has 2 heterocycles. The van der Waals surface area contributed by atoms with Crippen molar-refractivity contribution in [2.45, 2.75) is 119 Å². The van der Waals surface area contributed by atoms with Gasteiger partial charge in [0.15, 0.2) is 0 Å². The fourth-order valence-corrected chi connectivity index (χ4v) is 9.63. The fraction of sp³-hybridized carbons (Fsp3) is 0.273. The molecule has 1 N–H and O–H groups in total. The second-order valence-electron chi connectivity index (χ2n) is 23.6. The summed E-state index contributed by atoms with van der Waals surface area (Å²) in [7, 11) is 0. The van der Waals surface area contributed by atoms with Gasteiger partial charge in [0.2, 0.25) is 0 Å². The first-order valence-corrected chi connectivity index (χ1v) is 24.9.